The number of sulfonamides is 1. The summed E-state index contributed by atoms with van der Waals surface area (Å²) in [5, 5.41) is 2.96. The molecule has 166 valence electrons. The van der Waals surface area contributed by atoms with Crippen LogP contribution in [0.3, 0.4) is 0 Å². The molecule has 8 nitrogen and oxygen atoms in total. The van der Waals surface area contributed by atoms with Crippen LogP contribution in [-0.4, -0.2) is 42.6 Å². The number of hydrogen-bond acceptors (Lipinski definition) is 6. The van der Waals surface area contributed by atoms with Gasteiger partial charge in [-0.05, 0) is 43.2 Å². The summed E-state index contributed by atoms with van der Waals surface area (Å²) >= 11 is 0. The van der Waals surface area contributed by atoms with Crippen molar-refractivity contribution in [1.82, 2.24) is 9.88 Å². The zero-order valence-electron chi connectivity index (χ0n) is 18.1. The molecule has 9 heteroatoms. The van der Waals surface area contributed by atoms with Gasteiger partial charge in [-0.1, -0.05) is 32.9 Å². The molecule has 5 rings (SSSR count). The second-order valence-corrected chi connectivity index (χ2v) is 10.8. The number of likely N-dealkylation sites (tertiary alicyclic amines) is 1. The number of nitrogens with zero attached hydrogens (tertiary/aromatic N) is 3. The van der Waals surface area contributed by atoms with E-state index in [1.54, 1.807) is 47.4 Å². The van der Waals surface area contributed by atoms with Gasteiger partial charge in [0.25, 0.3) is 10.0 Å². The molecule has 1 fully saturated rings. The number of hydrogen-bond donors (Lipinski definition) is 1. The predicted molar refractivity (Wildman–Crippen MR) is 121 cm³/mol. The third-order valence-corrected chi connectivity index (χ3v) is 7.06. The van der Waals surface area contributed by atoms with Gasteiger partial charge < -0.3 is 14.6 Å². The summed E-state index contributed by atoms with van der Waals surface area (Å²) in [7, 11) is -3.74. The summed E-state index contributed by atoms with van der Waals surface area (Å²) < 4.78 is 34.7. The van der Waals surface area contributed by atoms with E-state index >= 15 is 0 Å². The minimum atomic E-state index is -3.74. The van der Waals surface area contributed by atoms with Crippen LogP contribution in [0.4, 0.5) is 5.69 Å². The van der Waals surface area contributed by atoms with E-state index in [1.807, 2.05) is 20.8 Å². The first-order valence-corrected chi connectivity index (χ1v) is 12.0. The monoisotopic (exact) mass is 452 g/mol. The van der Waals surface area contributed by atoms with Gasteiger partial charge in [0.1, 0.15) is 16.5 Å². The Kier molecular flexibility index (Phi) is 4.63. The van der Waals surface area contributed by atoms with Gasteiger partial charge in [0.2, 0.25) is 11.8 Å². The van der Waals surface area contributed by atoms with E-state index in [0.717, 1.165) is 6.42 Å². The Labute approximate surface area is 186 Å². The highest BCUT2D eigenvalue weighted by molar-refractivity contribution is 7.90. The molecule has 2 aliphatic heterocycles. The van der Waals surface area contributed by atoms with Gasteiger partial charge in [0.15, 0.2) is 11.4 Å². The number of oxazole rings is 1. The molecule has 0 saturated carbocycles. The van der Waals surface area contributed by atoms with E-state index in [2.05, 4.69) is 14.7 Å². The molecule has 2 aromatic carbocycles. The number of aromatic nitrogens is 1. The van der Waals surface area contributed by atoms with Crippen LogP contribution < -0.4 is 5.32 Å². The highest BCUT2D eigenvalue weighted by atomic mass is 32.2. The van der Waals surface area contributed by atoms with Crippen molar-refractivity contribution in [3.05, 3.63) is 53.9 Å². The molecule has 1 amide bonds. The molecule has 1 atom stereocenters. The van der Waals surface area contributed by atoms with Gasteiger partial charge in [-0.3, -0.25) is 4.79 Å². The van der Waals surface area contributed by atoms with Crippen molar-refractivity contribution in [2.75, 3.05) is 11.9 Å². The second kappa shape index (κ2) is 7.16. The minimum absolute atomic E-state index is 0.187. The number of fused-ring (bicyclic) bond motifs is 2. The number of nitrogens with one attached hydrogen (secondary N) is 1. The fraction of sp³-hybridized carbons (Fsp3) is 0.348. The van der Waals surface area contributed by atoms with Gasteiger partial charge in [0.05, 0.1) is 0 Å². The molecule has 3 heterocycles. The standard InChI is InChI=1S/C23H24N4O4S/c1-23(2,3)22-25-16-13-14(10-11-18(16)31-22)24-21(28)17-8-6-12-27(17)20-15-7-4-5-9-19(15)32(29,30)26-20/h4-5,7,9-11,13,17H,6,8,12H2,1-3H3,(H,24,28)/t17-/m0/s1. The predicted octanol–water partition coefficient (Wildman–Crippen LogP) is 3.68. The smallest absolute Gasteiger partial charge is 0.285 e. The van der Waals surface area contributed by atoms with Crippen LogP contribution in [0.2, 0.25) is 0 Å². The van der Waals surface area contributed by atoms with Gasteiger partial charge in [-0.2, -0.15) is 8.42 Å². The Morgan fingerprint density at radius 1 is 1.19 bits per heavy atom. The fourth-order valence-corrected chi connectivity index (χ4v) is 5.36. The average molecular weight is 453 g/mol. The van der Waals surface area contributed by atoms with Gasteiger partial charge in [0, 0.05) is 23.2 Å². The van der Waals surface area contributed by atoms with E-state index in [1.165, 1.54) is 0 Å². The summed E-state index contributed by atoms with van der Waals surface area (Å²) in [6, 6.07) is 11.6. The number of anilines is 1. The summed E-state index contributed by atoms with van der Waals surface area (Å²) in [5.41, 5.74) is 2.29. The van der Waals surface area contributed by atoms with Crippen molar-refractivity contribution >= 4 is 38.6 Å². The summed E-state index contributed by atoms with van der Waals surface area (Å²) in [6.45, 7) is 6.65. The SMILES string of the molecule is CC(C)(C)c1nc2cc(NC(=O)[C@@H]3CCCN3C3=NS(=O)(=O)c4ccccc43)ccc2o1. The van der Waals surface area contributed by atoms with Gasteiger partial charge in [-0.15, -0.1) is 4.40 Å². The van der Waals surface area contributed by atoms with Crippen LogP contribution in [0.25, 0.3) is 11.1 Å². The Morgan fingerprint density at radius 3 is 2.75 bits per heavy atom. The van der Waals surface area contributed by atoms with Gasteiger partial charge in [-0.25, -0.2) is 4.98 Å². The highest BCUT2D eigenvalue weighted by Crippen LogP contribution is 2.32. The lowest BCUT2D eigenvalue weighted by molar-refractivity contribution is -0.119. The first-order chi connectivity index (χ1) is 15.1. The molecule has 0 radical (unpaired) electrons. The van der Waals surface area contributed by atoms with Crippen LogP contribution >= 0.6 is 0 Å². The molecular formula is C23H24N4O4S. The third kappa shape index (κ3) is 3.46. The van der Waals surface area contributed by atoms with Crippen molar-refractivity contribution in [1.29, 1.82) is 0 Å². The lowest BCUT2D eigenvalue weighted by Crippen LogP contribution is -2.43. The van der Waals surface area contributed by atoms with Crippen LogP contribution in [0.1, 0.15) is 45.1 Å². The molecular weight excluding hydrogens is 428 g/mol. The number of amides is 1. The molecule has 0 unspecified atom stereocenters. The molecule has 1 saturated heterocycles. The van der Waals surface area contributed by atoms with Gasteiger partial charge >= 0.3 is 0 Å². The number of amidine groups is 1. The molecule has 1 N–H and O–H groups in total. The second-order valence-electron chi connectivity index (χ2n) is 9.18. The Balaban J connectivity index is 1.40. The normalized spacial score (nSPS) is 19.8. The van der Waals surface area contributed by atoms with Crippen molar-refractivity contribution < 1.29 is 17.6 Å². The van der Waals surface area contributed by atoms with Crippen LogP contribution in [0.5, 0.6) is 0 Å². The number of carbonyl (C=O) groups excluding carboxylic acids is 1. The summed E-state index contributed by atoms with van der Waals surface area (Å²) in [5.74, 6) is 0.781. The maximum Gasteiger partial charge on any atom is 0.285 e. The van der Waals surface area contributed by atoms with E-state index in [9.17, 15) is 13.2 Å². The first-order valence-electron chi connectivity index (χ1n) is 10.6. The molecule has 0 bridgehead atoms. The Bertz CT molecular complexity index is 1370. The molecule has 1 aromatic heterocycles. The minimum Gasteiger partial charge on any atom is -0.440 e. The van der Waals surface area contributed by atoms with E-state index in [4.69, 9.17) is 4.42 Å². The topological polar surface area (TPSA) is 105 Å². The Morgan fingerprint density at radius 2 is 1.97 bits per heavy atom. The fourth-order valence-electron chi connectivity index (χ4n) is 4.14. The molecule has 0 spiro atoms. The summed E-state index contributed by atoms with van der Waals surface area (Å²) in [6.07, 6.45) is 1.39. The van der Waals surface area contributed by atoms with Crippen LogP contribution in [0, 0.1) is 0 Å². The zero-order chi connectivity index (χ0) is 22.7. The largest absolute Gasteiger partial charge is 0.440 e. The number of rotatable bonds is 2. The lowest BCUT2D eigenvalue weighted by atomic mass is 9.97. The van der Waals surface area contributed by atoms with Crippen LogP contribution in [0.15, 0.2) is 56.2 Å². The highest BCUT2D eigenvalue weighted by Gasteiger charge is 2.39. The molecule has 0 aliphatic carbocycles. The average Bonchev–Trinajstić information content (AvgIpc) is 3.43. The zero-order valence-corrected chi connectivity index (χ0v) is 18.9. The molecule has 3 aromatic rings. The maximum atomic E-state index is 13.2. The van der Waals surface area contributed by atoms with Crippen molar-refractivity contribution in [2.24, 2.45) is 4.40 Å². The lowest BCUT2D eigenvalue weighted by Gasteiger charge is -2.25. The van der Waals surface area contributed by atoms with Crippen molar-refractivity contribution in [2.45, 2.75) is 50.0 Å². The Hall–Kier alpha value is -3.20. The van der Waals surface area contributed by atoms with Crippen molar-refractivity contribution in [3.63, 3.8) is 0 Å². The quantitative estimate of drug-likeness (QED) is 0.636. The van der Waals surface area contributed by atoms with E-state index in [-0.39, 0.29) is 16.2 Å². The number of carbonyl (C=O) groups is 1. The molecule has 2 aliphatic rings. The molecule has 32 heavy (non-hydrogen) atoms. The van der Waals surface area contributed by atoms with E-state index in [0.29, 0.717) is 47.0 Å². The third-order valence-electron chi connectivity index (χ3n) is 5.74. The van der Waals surface area contributed by atoms with E-state index < -0.39 is 16.1 Å². The number of benzene rings is 2. The maximum absolute atomic E-state index is 13.2. The summed E-state index contributed by atoms with van der Waals surface area (Å²) in [4.78, 5) is 19.7. The first kappa shape index (κ1) is 20.7. The van der Waals surface area contributed by atoms with Crippen molar-refractivity contribution in [3.8, 4) is 0 Å². The van der Waals surface area contributed by atoms with Crippen LogP contribution in [-0.2, 0) is 20.2 Å².